The van der Waals surface area contributed by atoms with Gasteiger partial charge in [0, 0.05) is 23.9 Å². The number of nitrogens with one attached hydrogen (secondary N) is 2. The van der Waals surface area contributed by atoms with Gasteiger partial charge in [0.1, 0.15) is 0 Å². The van der Waals surface area contributed by atoms with Crippen molar-refractivity contribution in [3.63, 3.8) is 0 Å². The van der Waals surface area contributed by atoms with Gasteiger partial charge in [0.05, 0.1) is 23.8 Å². The Bertz CT molecular complexity index is 1140. The number of rotatable bonds is 10. The highest BCUT2D eigenvalue weighted by atomic mass is 32.2. The molecular formula is C21H26N6O3S. The maximum absolute atomic E-state index is 12.1. The second kappa shape index (κ2) is 9.82. The van der Waals surface area contributed by atoms with Crippen LogP contribution in [0.15, 0.2) is 48.8 Å². The highest BCUT2D eigenvalue weighted by Crippen LogP contribution is 2.30. The Morgan fingerprint density at radius 2 is 1.94 bits per heavy atom. The normalized spacial score (nSPS) is 11.5. The van der Waals surface area contributed by atoms with E-state index in [4.69, 9.17) is 5.73 Å². The maximum atomic E-state index is 12.1. The first kappa shape index (κ1) is 22.6. The number of aromatic nitrogens is 3. The predicted molar refractivity (Wildman–Crippen MR) is 119 cm³/mol. The molecule has 1 aromatic carbocycles. The van der Waals surface area contributed by atoms with Crippen LogP contribution >= 0.6 is 0 Å². The van der Waals surface area contributed by atoms with Gasteiger partial charge in [-0.25, -0.2) is 18.5 Å². The quantitative estimate of drug-likeness (QED) is 0.411. The number of hydrogen-bond donors (Lipinski definition) is 3. The lowest BCUT2D eigenvalue weighted by atomic mass is 9.99. The molecule has 0 atom stereocenters. The van der Waals surface area contributed by atoms with Crippen LogP contribution in [0.25, 0.3) is 16.9 Å². The summed E-state index contributed by atoms with van der Waals surface area (Å²) < 4.78 is 24.1. The SMILES string of the molecule is CCCCc1c(C(N)=O)nn(-c2cccnc2)c1-c1ccc(CNNS(C)(=O)=O)cc1. The molecule has 2 heterocycles. The van der Waals surface area contributed by atoms with Gasteiger partial charge in [-0.2, -0.15) is 9.93 Å². The molecule has 3 rings (SSSR count). The second-order valence-electron chi connectivity index (χ2n) is 7.19. The number of hydrazine groups is 1. The van der Waals surface area contributed by atoms with Crippen LogP contribution in [0.3, 0.4) is 0 Å². The Hall–Kier alpha value is -3.08. The molecular weight excluding hydrogens is 416 g/mol. The zero-order valence-electron chi connectivity index (χ0n) is 17.5. The third kappa shape index (κ3) is 5.75. The highest BCUT2D eigenvalue weighted by Gasteiger charge is 2.23. The number of pyridine rings is 1. The van der Waals surface area contributed by atoms with Gasteiger partial charge in [0.15, 0.2) is 5.69 Å². The second-order valence-corrected chi connectivity index (χ2v) is 8.94. The molecule has 0 spiro atoms. The van der Waals surface area contributed by atoms with Gasteiger partial charge >= 0.3 is 0 Å². The van der Waals surface area contributed by atoms with Gasteiger partial charge in [0.25, 0.3) is 5.91 Å². The van der Waals surface area contributed by atoms with Crippen LogP contribution < -0.4 is 16.0 Å². The monoisotopic (exact) mass is 442 g/mol. The van der Waals surface area contributed by atoms with Crippen molar-refractivity contribution < 1.29 is 13.2 Å². The topological polar surface area (TPSA) is 132 Å². The van der Waals surface area contributed by atoms with Crippen molar-refractivity contribution in [1.29, 1.82) is 0 Å². The molecule has 0 bridgehead atoms. The van der Waals surface area contributed by atoms with Gasteiger partial charge in [-0.3, -0.25) is 9.78 Å². The van der Waals surface area contributed by atoms with Crippen LogP contribution in [0.5, 0.6) is 0 Å². The fraction of sp³-hybridized carbons (Fsp3) is 0.286. The number of unbranched alkanes of at least 4 members (excludes halogenated alkanes) is 1. The molecule has 0 radical (unpaired) electrons. The Labute approximate surface area is 181 Å². The van der Waals surface area contributed by atoms with Crippen LogP contribution in [0.2, 0.25) is 0 Å². The highest BCUT2D eigenvalue weighted by molar-refractivity contribution is 7.88. The Morgan fingerprint density at radius 1 is 1.19 bits per heavy atom. The Kier molecular flexibility index (Phi) is 7.16. The minimum atomic E-state index is -3.32. The number of carbonyl (C=O) groups excluding carboxylic acids is 1. The number of sulfonamides is 1. The molecule has 0 unspecified atom stereocenters. The smallest absolute Gasteiger partial charge is 0.269 e. The zero-order valence-corrected chi connectivity index (χ0v) is 18.3. The van der Waals surface area contributed by atoms with Crippen molar-refractivity contribution in [2.75, 3.05) is 6.26 Å². The van der Waals surface area contributed by atoms with Crippen LogP contribution in [0.4, 0.5) is 0 Å². The molecule has 3 aromatic rings. The molecule has 0 aliphatic heterocycles. The number of amides is 1. The first-order valence-corrected chi connectivity index (χ1v) is 11.8. The van der Waals surface area contributed by atoms with Gasteiger partial charge in [0.2, 0.25) is 10.0 Å². The summed E-state index contributed by atoms with van der Waals surface area (Å²) in [6.07, 6.45) is 6.97. The predicted octanol–water partition coefficient (Wildman–Crippen LogP) is 1.93. The van der Waals surface area contributed by atoms with Crippen molar-refractivity contribution in [1.82, 2.24) is 25.0 Å². The molecule has 0 fully saturated rings. The molecule has 0 aliphatic carbocycles. The molecule has 0 saturated carbocycles. The van der Waals surface area contributed by atoms with Crippen molar-refractivity contribution in [3.8, 4) is 16.9 Å². The summed E-state index contributed by atoms with van der Waals surface area (Å²) in [6.45, 7) is 2.41. The molecule has 0 saturated heterocycles. The number of hydrogen-bond acceptors (Lipinski definition) is 6. The summed E-state index contributed by atoms with van der Waals surface area (Å²) in [5.41, 5.74) is 12.7. The van der Waals surface area contributed by atoms with E-state index in [1.807, 2.05) is 30.3 Å². The van der Waals surface area contributed by atoms with E-state index in [2.05, 4.69) is 27.3 Å². The molecule has 2 aromatic heterocycles. The van der Waals surface area contributed by atoms with Crippen molar-refractivity contribution >= 4 is 15.9 Å². The van der Waals surface area contributed by atoms with Gasteiger partial charge in [-0.05, 0) is 30.5 Å². The van der Waals surface area contributed by atoms with E-state index in [-0.39, 0.29) is 5.69 Å². The molecule has 9 nitrogen and oxygen atoms in total. The molecule has 1 amide bonds. The van der Waals surface area contributed by atoms with Gasteiger partial charge < -0.3 is 5.73 Å². The summed E-state index contributed by atoms with van der Waals surface area (Å²) in [4.78, 5) is 18.5. The fourth-order valence-corrected chi connectivity index (χ4v) is 3.59. The van der Waals surface area contributed by atoms with Gasteiger partial charge in [-0.15, -0.1) is 0 Å². The lowest BCUT2D eigenvalue weighted by Gasteiger charge is -2.11. The largest absolute Gasteiger partial charge is 0.364 e. The molecule has 0 aliphatic rings. The average Bonchev–Trinajstić information content (AvgIpc) is 3.12. The lowest BCUT2D eigenvalue weighted by molar-refractivity contribution is 0.0994. The van der Waals surface area contributed by atoms with E-state index in [1.54, 1.807) is 23.1 Å². The van der Waals surface area contributed by atoms with E-state index in [9.17, 15) is 13.2 Å². The summed E-state index contributed by atoms with van der Waals surface area (Å²) in [5, 5.41) is 4.52. The molecule has 164 valence electrons. The van der Waals surface area contributed by atoms with Crippen molar-refractivity contribution in [3.05, 3.63) is 65.6 Å². The lowest BCUT2D eigenvalue weighted by Crippen LogP contribution is -2.35. The van der Waals surface area contributed by atoms with E-state index in [1.165, 1.54) is 0 Å². The summed E-state index contributed by atoms with van der Waals surface area (Å²) >= 11 is 0. The molecule has 4 N–H and O–H groups in total. The average molecular weight is 443 g/mol. The minimum absolute atomic E-state index is 0.260. The summed E-state index contributed by atoms with van der Waals surface area (Å²) in [7, 11) is -3.32. The standard InChI is InChI=1S/C21H26N6O3S/c1-3-4-7-18-19(21(22)28)25-27(17-6-5-12-23-14-17)20(18)16-10-8-15(9-11-16)13-24-26-31(2,29)30/h5-6,8-12,14,24,26H,3-4,7,13H2,1-2H3,(H2,22,28). The number of nitrogens with zero attached hydrogens (tertiary/aromatic N) is 3. The third-order valence-corrected chi connectivity index (χ3v) is 5.18. The number of carbonyl (C=O) groups is 1. The van der Waals surface area contributed by atoms with E-state index in [0.29, 0.717) is 13.0 Å². The van der Waals surface area contributed by atoms with E-state index in [0.717, 1.165) is 47.2 Å². The Balaban J connectivity index is 2.02. The number of benzene rings is 1. The van der Waals surface area contributed by atoms with Crippen LogP contribution in [0.1, 0.15) is 41.4 Å². The summed E-state index contributed by atoms with van der Waals surface area (Å²) in [6, 6.07) is 11.3. The number of nitrogens with two attached hydrogens (primary N) is 1. The minimum Gasteiger partial charge on any atom is -0.364 e. The van der Waals surface area contributed by atoms with E-state index < -0.39 is 15.9 Å². The third-order valence-electron chi connectivity index (χ3n) is 4.67. The maximum Gasteiger partial charge on any atom is 0.269 e. The van der Waals surface area contributed by atoms with Crippen molar-refractivity contribution in [2.24, 2.45) is 5.73 Å². The van der Waals surface area contributed by atoms with Crippen LogP contribution in [0, 0.1) is 0 Å². The zero-order chi connectivity index (χ0) is 22.4. The molecule has 10 heteroatoms. The van der Waals surface area contributed by atoms with E-state index >= 15 is 0 Å². The first-order chi connectivity index (χ1) is 14.8. The molecule has 31 heavy (non-hydrogen) atoms. The Morgan fingerprint density at radius 3 is 2.52 bits per heavy atom. The first-order valence-electron chi connectivity index (χ1n) is 9.91. The van der Waals surface area contributed by atoms with Gasteiger partial charge in [-0.1, -0.05) is 37.6 Å². The fourth-order valence-electron chi connectivity index (χ4n) is 3.25. The number of primary amides is 1. The van der Waals surface area contributed by atoms with Crippen LogP contribution in [-0.4, -0.2) is 35.3 Å². The summed E-state index contributed by atoms with van der Waals surface area (Å²) in [5.74, 6) is -0.567. The van der Waals surface area contributed by atoms with Crippen molar-refractivity contribution in [2.45, 2.75) is 32.7 Å². The van der Waals surface area contributed by atoms with Crippen LogP contribution in [-0.2, 0) is 23.0 Å².